The van der Waals surface area contributed by atoms with E-state index >= 15 is 0 Å². The first-order chi connectivity index (χ1) is 6.63. The van der Waals surface area contributed by atoms with Gasteiger partial charge < -0.3 is 9.64 Å². The molecule has 2 aliphatic heterocycles. The third-order valence-electron chi connectivity index (χ3n) is 3.23. The van der Waals surface area contributed by atoms with Gasteiger partial charge in [0.2, 0.25) is 5.91 Å². The predicted molar refractivity (Wildman–Crippen MR) is 51.3 cm³/mol. The quantitative estimate of drug-likeness (QED) is 0.519. The first kappa shape index (κ1) is 9.89. The molecule has 14 heavy (non-hydrogen) atoms. The molecule has 5 heteroatoms. The van der Waals surface area contributed by atoms with E-state index in [0.29, 0.717) is 19.8 Å². The molecule has 2 saturated heterocycles. The van der Waals surface area contributed by atoms with Crippen LogP contribution in [0.5, 0.6) is 0 Å². The van der Waals surface area contributed by atoms with Crippen molar-refractivity contribution in [2.45, 2.75) is 19.1 Å². The normalized spacial score (nSPS) is 35.9. The lowest BCUT2D eigenvalue weighted by Crippen LogP contribution is -2.69. The Morgan fingerprint density at radius 3 is 2.79 bits per heavy atom. The van der Waals surface area contributed by atoms with Crippen molar-refractivity contribution in [3.8, 4) is 0 Å². The van der Waals surface area contributed by atoms with Crippen LogP contribution in [0.15, 0.2) is 0 Å². The molecule has 2 heterocycles. The van der Waals surface area contributed by atoms with Crippen LogP contribution in [0.25, 0.3) is 0 Å². The van der Waals surface area contributed by atoms with Gasteiger partial charge in [0.25, 0.3) is 0 Å². The molecule has 2 atom stereocenters. The molecule has 2 rings (SSSR count). The van der Waals surface area contributed by atoms with Crippen LogP contribution in [0.2, 0.25) is 0 Å². The molecule has 0 bridgehead atoms. The summed E-state index contributed by atoms with van der Waals surface area (Å²) in [5.74, 6) is 0.207. The second-order valence-electron chi connectivity index (χ2n) is 3.91. The molecule has 2 fully saturated rings. The van der Waals surface area contributed by atoms with E-state index in [1.54, 1.807) is 0 Å². The number of likely N-dealkylation sites (N-methyl/N-ethyl adjacent to an activating group) is 2. The molecular formula is C9H17N3O2. The van der Waals surface area contributed by atoms with Gasteiger partial charge in [-0.05, 0) is 6.92 Å². The Morgan fingerprint density at radius 2 is 2.07 bits per heavy atom. The first-order valence-electron chi connectivity index (χ1n) is 4.96. The van der Waals surface area contributed by atoms with Crippen molar-refractivity contribution < 1.29 is 9.53 Å². The summed E-state index contributed by atoms with van der Waals surface area (Å²) in [6.07, 6.45) is 0.0810. The topological polar surface area (TPSA) is 36.0 Å². The minimum Gasteiger partial charge on any atom is -0.376 e. The number of rotatable bonds is 0. The zero-order valence-electron chi connectivity index (χ0n) is 8.93. The molecule has 80 valence electrons. The fraction of sp³-hybridized carbons (Fsp3) is 0.889. The van der Waals surface area contributed by atoms with E-state index < -0.39 is 0 Å². The maximum atomic E-state index is 11.9. The molecule has 0 N–H and O–H groups in total. The number of ether oxygens (including phenoxy) is 1. The molecule has 0 saturated carbocycles. The molecule has 2 aliphatic rings. The highest BCUT2D eigenvalue weighted by molar-refractivity contribution is 5.82. The Kier molecular flexibility index (Phi) is 2.47. The van der Waals surface area contributed by atoms with Crippen molar-refractivity contribution in [3.05, 3.63) is 0 Å². The van der Waals surface area contributed by atoms with Crippen LogP contribution in [-0.4, -0.2) is 66.9 Å². The highest BCUT2D eigenvalue weighted by Crippen LogP contribution is 2.20. The maximum Gasteiger partial charge on any atom is 0.242 e. The third kappa shape index (κ3) is 1.32. The van der Waals surface area contributed by atoms with Gasteiger partial charge >= 0.3 is 0 Å². The van der Waals surface area contributed by atoms with Crippen molar-refractivity contribution in [1.29, 1.82) is 0 Å². The van der Waals surface area contributed by atoms with E-state index in [0.717, 1.165) is 0 Å². The molecule has 1 amide bonds. The van der Waals surface area contributed by atoms with Crippen LogP contribution in [-0.2, 0) is 9.53 Å². The summed E-state index contributed by atoms with van der Waals surface area (Å²) in [5.41, 5.74) is 0. The van der Waals surface area contributed by atoms with Crippen LogP contribution >= 0.6 is 0 Å². The number of fused-ring (bicyclic) bond motifs is 1. The lowest BCUT2D eigenvalue weighted by molar-refractivity contribution is -0.202. The van der Waals surface area contributed by atoms with Crippen LogP contribution in [0.3, 0.4) is 0 Å². The van der Waals surface area contributed by atoms with Crippen LogP contribution in [0.4, 0.5) is 0 Å². The smallest absolute Gasteiger partial charge is 0.242 e. The van der Waals surface area contributed by atoms with E-state index in [-0.39, 0.29) is 18.1 Å². The van der Waals surface area contributed by atoms with Gasteiger partial charge in [0.15, 0.2) is 0 Å². The number of carbonyl (C=O) groups excluding carboxylic acids is 1. The molecule has 0 aromatic rings. The zero-order chi connectivity index (χ0) is 10.3. The third-order valence-corrected chi connectivity index (χ3v) is 3.23. The standard InChI is InChI=1S/C9H17N3O2/c1-7-9(13)12-4-5-14-6-8(12)11(3)10(7)2/h7-8H,4-6H2,1-3H3/t7-,8+/m1/s1. The number of hydrogen-bond donors (Lipinski definition) is 0. The summed E-state index contributed by atoms with van der Waals surface area (Å²) >= 11 is 0. The molecule has 0 radical (unpaired) electrons. The average molecular weight is 199 g/mol. The SMILES string of the molecule is C[C@@H]1C(=O)N2CCOC[C@H]2N(C)N1C. The van der Waals surface area contributed by atoms with E-state index in [9.17, 15) is 4.79 Å². The Bertz CT molecular complexity index is 246. The van der Waals surface area contributed by atoms with Crippen molar-refractivity contribution in [2.75, 3.05) is 33.9 Å². The van der Waals surface area contributed by atoms with Gasteiger partial charge in [-0.15, -0.1) is 0 Å². The van der Waals surface area contributed by atoms with E-state index in [1.807, 2.05) is 30.9 Å². The second-order valence-corrected chi connectivity index (χ2v) is 3.91. The van der Waals surface area contributed by atoms with Gasteiger partial charge in [0.1, 0.15) is 12.2 Å². The highest BCUT2D eigenvalue weighted by Gasteiger charge is 2.41. The molecular weight excluding hydrogens is 182 g/mol. The van der Waals surface area contributed by atoms with Crippen molar-refractivity contribution >= 4 is 5.91 Å². The van der Waals surface area contributed by atoms with Crippen molar-refractivity contribution in [1.82, 2.24) is 14.9 Å². The Hall–Kier alpha value is -0.650. The highest BCUT2D eigenvalue weighted by atomic mass is 16.5. The molecule has 0 aliphatic carbocycles. The zero-order valence-corrected chi connectivity index (χ0v) is 8.93. The van der Waals surface area contributed by atoms with E-state index in [1.165, 1.54) is 0 Å². The minimum atomic E-state index is -0.0608. The Labute approximate surface area is 84.2 Å². The number of nitrogens with zero attached hydrogens (tertiary/aromatic N) is 3. The van der Waals surface area contributed by atoms with Crippen LogP contribution < -0.4 is 0 Å². The van der Waals surface area contributed by atoms with Gasteiger partial charge in [-0.25, -0.2) is 10.0 Å². The molecule has 0 aromatic heterocycles. The number of amides is 1. The number of morpholine rings is 1. The van der Waals surface area contributed by atoms with Gasteiger partial charge in [0, 0.05) is 20.6 Å². The fourth-order valence-corrected chi connectivity index (χ4v) is 2.04. The number of hydrogen-bond acceptors (Lipinski definition) is 4. The molecule has 5 nitrogen and oxygen atoms in total. The molecule has 0 spiro atoms. The van der Waals surface area contributed by atoms with Crippen molar-refractivity contribution in [3.63, 3.8) is 0 Å². The van der Waals surface area contributed by atoms with Gasteiger partial charge in [-0.3, -0.25) is 4.79 Å². The monoisotopic (exact) mass is 199 g/mol. The summed E-state index contributed by atoms with van der Waals surface area (Å²) in [6.45, 7) is 3.92. The maximum absolute atomic E-state index is 11.9. The molecule has 0 unspecified atom stereocenters. The molecule has 0 aromatic carbocycles. The van der Waals surface area contributed by atoms with Gasteiger partial charge in [-0.2, -0.15) is 0 Å². The van der Waals surface area contributed by atoms with Crippen LogP contribution in [0, 0.1) is 0 Å². The van der Waals surface area contributed by atoms with Crippen LogP contribution in [0.1, 0.15) is 6.92 Å². The number of hydrazine groups is 1. The summed E-state index contributed by atoms with van der Waals surface area (Å²) < 4.78 is 5.38. The Balaban J connectivity index is 2.21. The summed E-state index contributed by atoms with van der Waals surface area (Å²) in [7, 11) is 3.93. The predicted octanol–water partition coefficient (Wildman–Crippen LogP) is -0.648. The van der Waals surface area contributed by atoms with Gasteiger partial charge in [0.05, 0.1) is 13.2 Å². The second kappa shape index (κ2) is 3.49. The Morgan fingerprint density at radius 1 is 1.36 bits per heavy atom. The number of carbonyl (C=O) groups is 1. The van der Waals surface area contributed by atoms with Gasteiger partial charge in [-0.1, -0.05) is 0 Å². The minimum absolute atomic E-state index is 0.0608. The summed E-state index contributed by atoms with van der Waals surface area (Å²) in [6, 6.07) is -0.0608. The van der Waals surface area contributed by atoms with E-state index in [2.05, 4.69) is 5.01 Å². The fourth-order valence-electron chi connectivity index (χ4n) is 2.04. The van der Waals surface area contributed by atoms with E-state index in [4.69, 9.17) is 4.74 Å². The lowest BCUT2D eigenvalue weighted by Gasteiger charge is -2.51. The lowest BCUT2D eigenvalue weighted by atomic mass is 10.2. The summed E-state index contributed by atoms with van der Waals surface area (Å²) in [4.78, 5) is 13.8. The first-order valence-corrected chi connectivity index (χ1v) is 4.96. The largest absolute Gasteiger partial charge is 0.376 e. The summed E-state index contributed by atoms with van der Waals surface area (Å²) in [5, 5.41) is 4.05. The average Bonchev–Trinajstić information content (AvgIpc) is 2.23. The van der Waals surface area contributed by atoms with Crippen molar-refractivity contribution in [2.24, 2.45) is 0 Å².